The molecule has 0 aliphatic heterocycles. The summed E-state index contributed by atoms with van der Waals surface area (Å²) in [6, 6.07) is 2.30. The van der Waals surface area contributed by atoms with Gasteiger partial charge in [0, 0.05) is 5.69 Å². The molecule has 0 bridgehead atoms. The number of carboxylic acid groups (broad SMARTS) is 1. The number of aromatic nitrogens is 3. The van der Waals surface area contributed by atoms with E-state index in [4.69, 9.17) is 5.11 Å². The number of nitrogens with one attached hydrogen (secondary N) is 1. The highest BCUT2D eigenvalue weighted by Gasteiger charge is 2.26. The molecule has 2 aromatic rings. The lowest BCUT2D eigenvalue weighted by Crippen LogP contribution is -2.05. The Hall–Kier alpha value is -2.09. The first kappa shape index (κ1) is 14.5. The van der Waals surface area contributed by atoms with Gasteiger partial charge in [-0.2, -0.15) is 4.98 Å². The van der Waals surface area contributed by atoms with Crippen molar-refractivity contribution in [3.63, 3.8) is 0 Å². The van der Waals surface area contributed by atoms with Gasteiger partial charge in [-0.25, -0.2) is 4.79 Å². The van der Waals surface area contributed by atoms with Crippen molar-refractivity contribution in [2.45, 2.75) is 38.5 Å². The minimum Gasteiger partial charge on any atom is -0.475 e. The first-order valence-electron chi connectivity index (χ1n) is 7.60. The van der Waals surface area contributed by atoms with Crippen LogP contribution in [0.25, 0.3) is 0 Å². The SMILES string of the molecule is O=C(O)c1nc(Nc2c3c(cc4c2CCC4)CCC3)n(SF)n1. The smallest absolute Gasteiger partial charge is 0.375 e. The molecule has 2 N–H and O–H groups in total. The molecule has 120 valence electrons. The van der Waals surface area contributed by atoms with Gasteiger partial charge in [0.25, 0.3) is 5.82 Å². The summed E-state index contributed by atoms with van der Waals surface area (Å²) in [5.74, 6) is -1.57. The van der Waals surface area contributed by atoms with Crippen LogP contribution in [0.3, 0.4) is 0 Å². The van der Waals surface area contributed by atoms with E-state index in [1.54, 1.807) is 0 Å². The highest BCUT2D eigenvalue weighted by Crippen LogP contribution is 2.39. The summed E-state index contributed by atoms with van der Waals surface area (Å²) >= 11 is -0.163. The molecular formula is C15H15FN4O2S. The normalized spacial score (nSPS) is 15.5. The second kappa shape index (κ2) is 5.52. The second-order valence-electron chi connectivity index (χ2n) is 5.87. The minimum absolute atomic E-state index is 0.115. The van der Waals surface area contributed by atoms with Crippen molar-refractivity contribution >= 4 is 29.9 Å². The largest absolute Gasteiger partial charge is 0.475 e. The summed E-state index contributed by atoms with van der Waals surface area (Å²) in [7, 11) is 0. The average Bonchev–Trinajstić information content (AvgIpc) is 3.24. The fraction of sp³-hybridized carbons (Fsp3) is 0.400. The monoisotopic (exact) mass is 334 g/mol. The van der Waals surface area contributed by atoms with Gasteiger partial charge >= 0.3 is 5.97 Å². The predicted octanol–water partition coefficient (Wildman–Crippen LogP) is 3.08. The molecule has 2 aliphatic rings. The van der Waals surface area contributed by atoms with Gasteiger partial charge in [-0.1, -0.05) is 6.07 Å². The topological polar surface area (TPSA) is 80.0 Å². The zero-order chi connectivity index (χ0) is 16.0. The van der Waals surface area contributed by atoms with Gasteiger partial charge in [-0.3, -0.25) is 0 Å². The van der Waals surface area contributed by atoms with E-state index in [-0.39, 0.29) is 18.3 Å². The van der Waals surface area contributed by atoms with Crippen molar-refractivity contribution < 1.29 is 13.8 Å². The fourth-order valence-corrected chi connectivity index (χ4v) is 3.85. The van der Waals surface area contributed by atoms with Gasteiger partial charge in [0.05, 0.1) is 0 Å². The molecule has 0 radical (unpaired) electrons. The summed E-state index contributed by atoms with van der Waals surface area (Å²) < 4.78 is 13.9. The van der Waals surface area contributed by atoms with Crippen LogP contribution in [0, 0.1) is 0 Å². The van der Waals surface area contributed by atoms with Gasteiger partial charge in [0.2, 0.25) is 5.95 Å². The Balaban J connectivity index is 1.79. The number of hydrogen-bond acceptors (Lipinski definition) is 5. The van der Waals surface area contributed by atoms with E-state index < -0.39 is 11.8 Å². The number of halogens is 1. The van der Waals surface area contributed by atoms with Crippen molar-refractivity contribution in [1.82, 2.24) is 14.2 Å². The third-order valence-electron chi connectivity index (χ3n) is 4.55. The Morgan fingerprint density at radius 1 is 1.22 bits per heavy atom. The zero-order valence-electron chi connectivity index (χ0n) is 12.3. The molecule has 0 saturated carbocycles. The number of nitrogens with zero attached hydrogens (tertiary/aromatic N) is 3. The van der Waals surface area contributed by atoms with Crippen LogP contribution in [-0.4, -0.2) is 25.2 Å². The maximum atomic E-state index is 13.1. The molecule has 0 fully saturated rings. The third kappa shape index (κ3) is 2.37. The van der Waals surface area contributed by atoms with E-state index in [9.17, 15) is 8.68 Å². The lowest BCUT2D eigenvalue weighted by Gasteiger charge is -2.16. The Morgan fingerprint density at radius 2 is 1.87 bits per heavy atom. The van der Waals surface area contributed by atoms with Crippen LogP contribution < -0.4 is 5.32 Å². The minimum atomic E-state index is -1.27. The molecule has 23 heavy (non-hydrogen) atoms. The molecule has 0 atom stereocenters. The number of carbonyl (C=O) groups is 1. The third-order valence-corrected chi connectivity index (χ3v) is 4.93. The van der Waals surface area contributed by atoms with Crippen LogP contribution in [0.2, 0.25) is 0 Å². The number of benzene rings is 1. The number of fused-ring (bicyclic) bond motifs is 2. The van der Waals surface area contributed by atoms with Gasteiger partial charge in [0.1, 0.15) is 0 Å². The maximum Gasteiger partial charge on any atom is 0.375 e. The lowest BCUT2D eigenvalue weighted by atomic mass is 9.99. The molecule has 1 aromatic carbocycles. The molecule has 2 aliphatic carbocycles. The maximum absolute atomic E-state index is 13.1. The summed E-state index contributed by atoms with van der Waals surface area (Å²) in [5, 5.41) is 15.8. The average molecular weight is 334 g/mol. The highest BCUT2D eigenvalue weighted by molar-refractivity contribution is 7.92. The van der Waals surface area contributed by atoms with Crippen LogP contribution >= 0.6 is 12.3 Å². The summed E-state index contributed by atoms with van der Waals surface area (Å²) in [4.78, 5) is 14.9. The van der Waals surface area contributed by atoms with Crippen LogP contribution in [0.5, 0.6) is 0 Å². The quantitative estimate of drug-likeness (QED) is 0.894. The number of rotatable bonds is 4. The van der Waals surface area contributed by atoms with Crippen molar-refractivity contribution in [3.05, 3.63) is 34.1 Å². The van der Waals surface area contributed by atoms with E-state index in [1.165, 1.54) is 22.3 Å². The van der Waals surface area contributed by atoms with E-state index >= 15 is 0 Å². The molecule has 1 aromatic heterocycles. The van der Waals surface area contributed by atoms with Gasteiger partial charge in [-0.05, 0) is 60.8 Å². The number of anilines is 2. The van der Waals surface area contributed by atoms with E-state index in [0.29, 0.717) is 0 Å². The standard InChI is InChI=1S/C15H15FN4O2S/c16-23-20-15(18-13(19-20)14(21)22)17-12-10-5-1-3-8(10)7-9-4-2-6-11(9)12/h7H,1-6H2,(H,21,22)(H,17,18,19). The van der Waals surface area contributed by atoms with E-state index in [2.05, 4.69) is 21.5 Å². The lowest BCUT2D eigenvalue weighted by molar-refractivity contribution is 0.0684. The van der Waals surface area contributed by atoms with Crippen molar-refractivity contribution in [1.29, 1.82) is 0 Å². The van der Waals surface area contributed by atoms with Gasteiger partial charge < -0.3 is 10.4 Å². The predicted molar refractivity (Wildman–Crippen MR) is 84.9 cm³/mol. The summed E-state index contributed by atoms with van der Waals surface area (Å²) in [6.45, 7) is 0. The number of carboxylic acids is 1. The van der Waals surface area contributed by atoms with Crippen molar-refractivity contribution in [2.24, 2.45) is 0 Å². The first-order valence-corrected chi connectivity index (χ1v) is 8.27. The zero-order valence-corrected chi connectivity index (χ0v) is 13.1. The number of aryl methyl sites for hydroxylation is 2. The molecule has 1 heterocycles. The van der Waals surface area contributed by atoms with Gasteiger partial charge in [0.15, 0.2) is 12.3 Å². The first-order chi connectivity index (χ1) is 11.2. The van der Waals surface area contributed by atoms with Crippen LogP contribution in [0.15, 0.2) is 6.07 Å². The molecule has 8 heteroatoms. The van der Waals surface area contributed by atoms with E-state index in [0.717, 1.165) is 48.3 Å². The molecule has 0 spiro atoms. The van der Waals surface area contributed by atoms with Crippen LogP contribution in [0.4, 0.5) is 15.5 Å². The Morgan fingerprint density at radius 3 is 2.43 bits per heavy atom. The number of aromatic carboxylic acids is 1. The van der Waals surface area contributed by atoms with Crippen molar-refractivity contribution in [2.75, 3.05) is 5.32 Å². The molecule has 0 amide bonds. The highest BCUT2D eigenvalue weighted by atomic mass is 32.2. The van der Waals surface area contributed by atoms with Crippen LogP contribution in [0.1, 0.15) is 45.7 Å². The van der Waals surface area contributed by atoms with Crippen LogP contribution in [-0.2, 0) is 25.7 Å². The molecule has 0 unspecified atom stereocenters. The van der Waals surface area contributed by atoms with Crippen molar-refractivity contribution in [3.8, 4) is 0 Å². The van der Waals surface area contributed by atoms with E-state index in [1.807, 2.05) is 0 Å². The fourth-order valence-electron chi connectivity index (χ4n) is 3.59. The van der Waals surface area contributed by atoms with Gasteiger partial charge in [-0.15, -0.1) is 13.1 Å². The Bertz CT molecular complexity index is 773. The molecule has 6 nitrogen and oxygen atoms in total. The summed E-state index contributed by atoms with van der Waals surface area (Å²) in [6.07, 6.45) is 6.29. The Labute approximate surface area is 136 Å². The number of hydrogen-bond donors (Lipinski definition) is 2. The molecule has 0 saturated heterocycles. The molecular weight excluding hydrogens is 319 g/mol. The molecule has 4 rings (SSSR count). The Kier molecular flexibility index (Phi) is 3.48. The second-order valence-corrected chi connectivity index (χ2v) is 6.35. The summed E-state index contributed by atoms with van der Waals surface area (Å²) in [5.41, 5.74) is 6.16.